The van der Waals surface area contributed by atoms with Crippen molar-refractivity contribution in [2.45, 2.75) is 0 Å². The van der Waals surface area contributed by atoms with Crippen LogP contribution in [-0.4, -0.2) is 58.4 Å². The summed E-state index contributed by atoms with van der Waals surface area (Å²) in [7, 11) is 0. The molecule has 0 radical (unpaired) electrons. The molecule has 1 aliphatic rings. The second-order valence-corrected chi connectivity index (χ2v) is 6.70. The number of halogens is 3. The lowest BCUT2D eigenvalue weighted by molar-refractivity contribution is -0.126. The van der Waals surface area contributed by atoms with Gasteiger partial charge < -0.3 is 10.1 Å². The molecule has 1 aromatic heterocycles. The highest BCUT2D eigenvalue weighted by Gasteiger charge is 2.29. The van der Waals surface area contributed by atoms with Crippen LogP contribution in [-0.2, 0) is 14.3 Å². The minimum absolute atomic E-state index is 0.0419. The van der Waals surface area contributed by atoms with Crippen LogP contribution in [0.25, 0.3) is 0 Å². The van der Waals surface area contributed by atoms with E-state index in [1.165, 1.54) is 0 Å². The van der Waals surface area contributed by atoms with Crippen LogP contribution in [0.15, 0.2) is 6.20 Å². The van der Waals surface area contributed by atoms with E-state index >= 15 is 0 Å². The summed E-state index contributed by atoms with van der Waals surface area (Å²) in [6.45, 7) is -0.502. The van der Waals surface area contributed by atoms with Gasteiger partial charge in [-0.1, -0.05) is 46.6 Å². The molecule has 1 N–H and O–H groups in total. The van der Waals surface area contributed by atoms with E-state index in [2.05, 4.69) is 10.3 Å². The van der Waals surface area contributed by atoms with E-state index in [0.717, 1.165) is 22.9 Å². The van der Waals surface area contributed by atoms with Crippen LogP contribution in [0.5, 0.6) is 0 Å². The van der Waals surface area contributed by atoms with Crippen molar-refractivity contribution in [1.29, 1.82) is 0 Å². The van der Waals surface area contributed by atoms with E-state index in [4.69, 9.17) is 39.5 Å². The Morgan fingerprint density at radius 1 is 1.28 bits per heavy atom. The minimum atomic E-state index is -0.944. The van der Waals surface area contributed by atoms with Crippen LogP contribution < -0.4 is 5.32 Å². The fraction of sp³-hybridized carbons (Fsp3) is 0.308. The van der Waals surface area contributed by atoms with E-state index in [1.54, 1.807) is 0 Å². The normalized spacial score (nSPS) is 14.0. The Kier molecular flexibility index (Phi) is 6.88. The number of carbonyl (C=O) groups is 4. The van der Waals surface area contributed by atoms with Gasteiger partial charge in [0.25, 0.3) is 11.1 Å². The molecule has 0 aromatic carbocycles. The molecular formula is C13H10Cl3N3O5S. The van der Waals surface area contributed by atoms with Crippen molar-refractivity contribution in [1.82, 2.24) is 15.2 Å². The van der Waals surface area contributed by atoms with Gasteiger partial charge in [-0.3, -0.25) is 19.3 Å². The van der Waals surface area contributed by atoms with Gasteiger partial charge in [0.05, 0.1) is 20.8 Å². The van der Waals surface area contributed by atoms with Crippen LogP contribution in [0, 0.1) is 0 Å². The smallest absolute Gasteiger partial charge is 0.359 e. The average Bonchev–Trinajstić information content (AvgIpc) is 2.89. The predicted molar refractivity (Wildman–Crippen MR) is 92.1 cm³/mol. The predicted octanol–water partition coefficient (Wildman–Crippen LogP) is 2.01. The van der Waals surface area contributed by atoms with Gasteiger partial charge in [0.2, 0.25) is 5.91 Å². The van der Waals surface area contributed by atoms with Crippen molar-refractivity contribution in [3.63, 3.8) is 0 Å². The Morgan fingerprint density at radius 2 is 2.00 bits per heavy atom. The first kappa shape index (κ1) is 19.8. The molecule has 0 atom stereocenters. The first-order valence-corrected chi connectivity index (χ1v) is 8.83. The number of pyridine rings is 1. The topological polar surface area (TPSA) is 106 Å². The molecule has 3 amide bonds. The largest absolute Gasteiger partial charge is 0.451 e. The monoisotopic (exact) mass is 425 g/mol. The molecule has 1 fully saturated rings. The lowest BCUT2D eigenvalue weighted by Crippen LogP contribution is -2.38. The number of rotatable bonds is 6. The van der Waals surface area contributed by atoms with E-state index in [0.29, 0.717) is 0 Å². The molecule has 1 aliphatic heterocycles. The van der Waals surface area contributed by atoms with Gasteiger partial charge >= 0.3 is 5.97 Å². The molecule has 1 saturated heterocycles. The quantitative estimate of drug-likeness (QED) is 0.694. The number of aromatic nitrogens is 1. The van der Waals surface area contributed by atoms with Crippen molar-refractivity contribution >= 4 is 69.6 Å². The van der Waals surface area contributed by atoms with E-state index in [-0.39, 0.29) is 50.8 Å². The molecule has 134 valence electrons. The molecule has 0 spiro atoms. The Balaban J connectivity index is 1.78. The number of hydrogen-bond acceptors (Lipinski definition) is 7. The second kappa shape index (κ2) is 8.70. The maximum atomic E-state index is 11.9. The van der Waals surface area contributed by atoms with Gasteiger partial charge in [-0.25, -0.2) is 9.78 Å². The SMILES string of the molecule is O=C(COC(=O)c1ncc(Cl)c(Cl)c1Cl)NCCN1C(=O)CSC1=O. The molecule has 0 saturated carbocycles. The van der Waals surface area contributed by atoms with E-state index in [9.17, 15) is 19.2 Å². The van der Waals surface area contributed by atoms with Gasteiger partial charge in [0.1, 0.15) is 0 Å². The lowest BCUT2D eigenvalue weighted by atomic mass is 10.3. The van der Waals surface area contributed by atoms with Crippen molar-refractivity contribution < 1.29 is 23.9 Å². The van der Waals surface area contributed by atoms with Crippen molar-refractivity contribution in [3.05, 3.63) is 27.0 Å². The molecule has 12 heteroatoms. The highest BCUT2D eigenvalue weighted by Crippen LogP contribution is 2.31. The van der Waals surface area contributed by atoms with Gasteiger partial charge in [-0.2, -0.15) is 0 Å². The maximum absolute atomic E-state index is 11.9. The van der Waals surface area contributed by atoms with Crippen LogP contribution in [0.4, 0.5) is 4.79 Å². The Labute approximate surface area is 161 Å². The summed E-state index contributed by atoms with van der Waals surface area (Å²) in [4.78, 5) is 51.0. The molecular weight excluding hydrogens is 417 g/mol. The van der Waals surface area contributed by atoms with Gasteiger partial charge in [0.15, 0.2) is 12.3 Å². The highest BCUT2D eigenvalue weighted by molar-refractivity contribution is 8.14. The molecule has 25 heavy (non-hydrogen) atoms. The van der Waals surface area contributed by atoms with Crippen LogP contribution in [0.3, 0.4) is 0 Å². The summed E-state index contributed by atoms with van der Waals surface area (Å²) in [5.74, 6) is -1.77. The van der Waals surface area contributed by atoms with Crippen LogP contribution >= 0.6 is 46.6 Å². The van der Waals surface area contributed by atoms with Crippen LogP contribution in [0.1, 0.15) is 10.5 Å². The molecule has 0 aliphatic carbocycles. The molecule has 2 heterocycles. The van der Waals surface area contributed by atoms with Crippen molar-refractivity contribution in [2.24, 2.45) is 0 Å². The number of ether oxygens (including phenoxy) is 1. The first-order valence-electron chi connectivity index (χ1n) is 6.71. The molecule has 0 unspecified atom stereocenters. The molecule has 1 aromatic rings. The van der Waals surface area contributed by atoms with Crippen LogP contribution in [0.2, 0.25) is 15.1 Å². The number of nitrogens with one attached hydrogen (secondary N) is 1. The van der Waals surface area contributed by atoms with E-state index < -0.39 is 18.5 Å². The first-order chi connectivity index (χ1) is 11.8. The summed E-state index contributed by atoms with van der Waals surface area (Å²) >= 11 is 18.2. The standard InChI is InChI=1S/C13H10Cl3N3O5S/c14-6-3-18-11(10(16)9(6)15)12(22)24-4-7(20)17-1-2-19-8(21)5-25-13(19)23/h3H,1-2,4-5H2,(H,17,20). The average molecular weight is 427 g/mol. The number of thioether (sulfide) groups is 1. The summed E-state index contributed by atoms with van der Waals surface area (Å²) in [5, 5.41) is 1.91. The third kappa shape index (κ3) is 4.97. The van der Waals surface area contributed by atoms with Gasteiger partial charge in [-0.15, -0.1) is 0 Å². The zero-order valence-electron chi connectivity index (χ0n) is 12.4. The lowest BCUT2D eigenvalue weighted by Gasteiger charge is -2.13. The summed E-state index contributed by atoms with van der Waals surface area (Å²) in [6.07, 6.45) is 1.13. The third-order valence-corrected chi connectivity index (χ3v) is 5.04. The fourth-order valence-corrected chi connectivity index (χ4v) is 3.05. The summed E-state index contributed by atoms with van der Waals surface area (Å²) in [6, 6.07) is 0. The molecule has 8 nitrogen and oxygen atoms in total. The maximum Gasteiger partial charge on any atom is 0.359 e. The van der Waals surface area contributed by atoms with Crippen molar-refractivity contribution in [3.8, 4) is 0 Å². The van der Waals surface area contributed by atoms with Crippen molar-refractivity contribution in [2.75, 3.05) is 25.4 Å². The number of nitrogens with zero attached hydrogens (tertiary/aromatic N) is 2. The Hall–Kier alpha value is -1.55. The molecule has 2 rings (SSSR count). The second-order valence-electron chi connectivity index (χ2n) is 4.61. The highest BCUT2D eigenvalue weighted by atomic mass is 35.5. The Morgan fingerprint density at radius 3 is 2.64 bits per heavy atom. The zero-order valence-corrected chi connectivity index (χ0v) is 15.5. The summed E-state index contributed by atoms with van der Waals surface area (Å²) in [5.41, 5.74) is -0.269. The van der Waals surface area contributed by atoms with E-state index in [1.807, 2.05) is 0 Å². The number of hydrogen-bond donors (Lipinski definition) is 1. The van der Waals surface area contributed by atoms with Gasteiger partial charge in [-0.05, 0) is 0 Å². The number of carbonyl (C=O) groups excluding carboxylic acids is 4. The fourth-order valence-electron chi connectivity index (χ4n) is 1.74. The molecule has 0 bridgehead atoms. The number of esters is 1. The minimum Gasteiger partial charge on any atom is -0.451 e. The zero-order chi connectivity index (χ0) is 18.6. The van der Waals surface area contributed by atoms with Gasteiger partial charge in [0, 0.05) is 19.3 Å². The number of amides is 3. The number of imide groups is 1. The third-order valence-electron chi connectivity index (χ3n) is 2.94. The Bertz CT molecular complexity index is 730. The summed E-state index contributed by atoms with van der Waals surface area (Å²) < 4.78 is 4.78.